The summed E-state index contributed by atoms with van der Waals surface area (Å²) in [5, 5.41) is 13.9. The molecular weight excluding hydrogens is 243 g/mol. The number of hydrogen-bond donors (Lipinski definition) is 3. The maximum atomic E-state index is 10.2. The van der Waals surface area contributed by atoms with Crippen molar-refractivity contribution in [3.05, 3.63) is 0 Å². The zero-order valence-corrected chi connectivity index (χ0v) is 11.6. The van der Waals surface area contributed by atoms with Crippen molar-refractivity contribution < 1.29 is 32.8 Å². The van der Waals surface area contributed by atoms with Gasteiger partial charge in [0, 0.05) is 0 Å². The molecule has 0 aliphatic carbocycles. The Morgan fingerprint density at radius 3 is 1.71 bits per heavy atom. The molecule has 0 rings (SSSR count). The summed E-state index contributed by atoms with van der Waals surface area (Å²) < 4.78 is 30.9. The molecule has 1 atom stereocenters. The van der Waals surface area contributed by atoms with Gasteiger partial charge in [-0.1, -0.05) is 0 Å². The molecule has 9 heteroatoms. The van der Waals surface area contributed by atoms with E-state index in [0.29, 0.717) is 0 Å². The molecule has 0 aromatic rings. The van der Waals surface area contributed by atoms with Crippen LogP contribution >= 0.6 is 0 Å². The predicted molar refractivity (Wildman–Crippen MR) is 46.8 cm³/mol. The van der Waals surface area contributed by atoms with Gasteiger partial charge in [-0.15, -0.1) is 0 Å². The molecule has 0 spiro atoms. The van der Waals surface area contributed by atoms with E-state index in [9.17, 15) is 18.0 Å². The second kappa shape index (κ2) is 7.74. The molecule has 1 unspecified atom stereocenters. The fourth-order valence-electron chi connectivity index (χ4n) is 0.479. The normalized spacial score (nSPS) is 12.3. The van der Waals surface area contributed by atoms with E-state index in [1.807, 2.05) is 0 Å². The van der Waals surface area contributed by atoms with Crippen molar-refractivity contribution in [3.63, 3.8) is 0 Å². The quantitative estimate of drug-likeness (QED) is 0.432. The van der Waals surface area contributed by atoms with Crippen LogP contribution < -0.4 is 0 Å². The number of rotatable bonds is 4. The SMILES string of the molecule is O=C(O)CC(C(=O)O)S(=O)(=O)O.[CH3][K]. The van der Waals surface area contributed by atoms with Gasteiger partial charge in [0.2, 0.25) is 0 Å². The molecule has 0 aliphatic heterocycles. The number of carbonyl (C=O) groups is 2. The molecule has 0 aliphatic rings. The minimum absolute atomic E-state index is 1.06. The molecule has 0 amide bonds. The van der Waals surface area contributed by atoms with Gasteiger partial charge in [-0.05, 0) is 0 Å². The third kappa shape index (κ3) is 7.85. The van der Waals surface area contributed by atoms with Crippen molar-refractivity contribution in [2.24, 2.45) is 0 Å². The molecule has 0 aromatic heterocycles. The van der Waals surface area contributed by atoms with Crippen LogP contribution in [0.5, 0.6) is 0 Å². The van der Waals surface area contributed by atoms with Gasteiger partial charge in [-0.2, -0.15) is 8.42 Å². The summed E-state index contributed by atoms with van der Waals surface area (Å²) in [6.07, 6.45) is -1.16. The van der Waals surface area contributed by atoms with Gasteiger partial charge in [0.25, 0.3) is 10.1 Å². The first-order valence-electron chi connectivity index (χ1n) is 3.66. The first-order valence-corrected chi connectivity index (χ1v) is 8.28. The van der Waals surface area contributed by atoms with Crippen LogP contribution in [0.25, 0.3) is 0 Å². The molecule has 0 heterocycles. The topological polar surface area (TPSA) is 129 Å². The average Bonchev–Trinajstić information content (AvgIpc) is 2.01. The van der Waals surface area contributed by atoms with Gasteiger partial charge in [-0.25, -0.2) is 0 Å². The summed E-state index contributed by atoms with van der Waals surface area (Å²) in [6, 6.07) is 0. The third-order valence-electron chi connectivity index (χ3n) is 0.995. The van der Waals surface area contributed by atoms with Crippen LogP contribution in [0.4, 0.5) is 0 Å². The number of carboxylic acids is 2. The van der Waals surface area contributed by atoms with E-state index in [4.69, 9.17) is 14.8 Å². The van der Waals surface area contributed by atoms with Crippen molar-refractivity contribution in [1.29, 1.82) is 0 Å². The standard InChI is InChI=1S/C4H6O7S.CH3.K/c5-3(6)1-2(4(7)8)12(9,10)11;;/h2H,1H2,(H,5,6)(H,7,8)(H,9,10,11);1H3;. The van der Waals surface area contributed by atoms with Crippen LogP contribution in [0.15, 0.2) is 0 Å². The van der Waals surface area contributed by atoms with E-state index in [0.717, 1.165) is 49.0 Å². The third-order valence-corrected chi connectivity index (χ3v) is 2.08. The van der Waals surface area contributed by atoms with Gasteiger partial charge >= 0.3 is 61.9 Å². The van der Waals surface area contributed by atoms with Crippen LogP contribution in [-0.4, -0.2) is 89.3 Å². The monoisotopic (exact) mass is 252 g/mol. The second-order valence-electron chi connectivity index (χ2n) is 1.94. The maximum absolute atomic E-state index is 10.2. The molecule has 0 saturated heterocycles. The Labute approximate surface area is 115 Å². The van der Waals surface area contributed by atoms with Crippen molar-refractivity contribution >= 4 is 71.0 Å². The molecule has 78 valence electrons. The molecule has 0 bridgehead atoms. The minimum atomic E-state index is -4.84. The van der Waals surface area contributed by atoms with Crippen molar-refractivity contribution in [1.82, 2.24) is 0 Å². The van der Waals surface area contributed by atoms with Crippen LogP contribution in [-0.2, 0) is 19.7 Å². The number of hydrogen-bond acceptors (Lipinski definition) is 4. The summed E-state index contributed by atoms with van der Waals surface area (Å²) in [5.74, 6) is -3.50. The van der Waals surface area contributed by atoms with Crippen molar-refractivity contribution in [2.75, 3.05) is 0 Å². The zero-order valence-electron chi connectivity index (χ0n) is 7.67. The number of carboxylic acid groups (broad SMARTS) is 2. The molecule has 14 heavy (non-hydrogen) atoms. The van der Waals surface area contributed by atoms with Crippen molar-refractivity contribution in [2.45, 2.75) is 12.7 Å². The van der Waals surface area contributed by atoms with E-state index >= 15 is 0 Å². The molecule has 0 fully saturated rings. The summed E-state index contributed by atoms with van der Waals surface area (Å²) >= 11 is 1.06. The van der Waals surface area contributed by atoms with Crippen LogP contribution in [0, 0.1) is 0 Å². The fourth-order valence-corrected chi connectivity index (χ4v) is 1.09. The Kier molecular flexibility index (Phi) is 9.34. The Morgan fingerprint density at radius 1 is 1.29 bits per heavy atom. The van der Waals surface area contributed by atoms with E-state index in [1.165, 1.54) is 0 Å². The zero-order chi connectivity index (χ0) is 11.9. The van der Waals surface area contributed by atoms with Gasteiger partial charge < -0.3 is 10.2 Å². The van der Waals surface area contributed by atoms with Gasteiger partial charge in [-0.3, -0.25) is 14.1 Å². The molecule has 7 nitrogen and oxygen atoms in total. The molecule has 0 saturated carbocycles. The molecule has 0 radical (unpaired) electrons. The van der Waals surface area contributed by atoms with Gasteiger partial charge in [0.15, 0.2) is 5.25 Å². The average molecular weight is 252 g/mol. The number of aliphatic carboxylic acids is 2. The summed E-state index contributed by atoms with van der Waals surface area (Å²) in [5.41, 5.74) is 0. The van der Waals surface area contributed by atoms with Crippen molar-refractivity contribution in [3.8, 4) is 0 Å². The van der Waals surface area contributed by atoms with Crippen LogP contribution in [0.3, 0.4) is 0 Å². The summed E-state index contributed by atoms with van der Waals surface area (Å²) in [4.78, 5) is 20.0. The van der Waals surface area contributed by atoms with Crippen LogP contribution in [0.2, 0.25) is 1.02 Å². The van der Waals surface area contributed by atoms with E-state index in [2.05, 4.69) is 1.02 Å². The second-order valence-corrected chi connectivity index (χ2v) is 3.54. The Hall–Kier alpha value is 0.486. The Morgan fingerprint density at radius 2 is 1.64 bits per heavy atom. The summed E-state index contributed by atoms with van der Waals surface area (Å²) in [7, 11) is -4.84. The van der Waals surface area contributed by atoms with Crippen LogP contribution in [0.1, 0.15) is 6.42 Å². The molecule has 3 N–H and O–H groups in total. The summed E-state index contributed by atoms with van der Waals surface area (Å²) in [6.45, 7) is 0. The molecular formula is C5H9KO7S. The Bertz CT molecular complexity index is 295. The molecule has 0 aromatic carbocycles. The first kappa shape index (κ1) is 16.9. The van der Waals surface area contributed by atoms with E-state index in [-0.39, 0.29) is 0 Å². The van der Waals surface area contributed by atoms with Gasteiger partial charge in [0.05, 0.1) is 6.42 Å². The first-order chi connectivity index (χ1) is 6.25. The fraction of sp³-hybridized carbons (Fsp3) is 0.600. The van der Waals surface area contributed by atoms with E-state index in [1.54, 1.807) is 0 Å². The van der Waals surface area contributed by atoms with E-state index < -0.39 is 33.7 Å². The van der Waals surface area contributed by atoms with Gasteiger partial charge in [0.1, 0.15) is 0 Å². The predicted octanol–water partition coefficient (Wildman–Crippen LogP) is -0.995. The Balaban J connectivity index is 0.